The number of benzene rings is 1. The summed E-state index contributed by atoms with van der Waals surface area (Å²) in [6.07, 6.45) is 0.947. The zero-order valence-corrected chi connectivity index (χ0v) is 10.5. The second kappa shape index (κ2) is 5.46. The minimum atomic E-state index is 0.417. The summed E-state index contributed by atoms with van der Waals surface area (Å²) in [6.45, 7) is 2.12. The fraction of sp³-hybridized carbons (Fsp3) is 0.364. The van der Waals surface area contributed by atoms with E-state index in [-0.39, 0.29) is 0 Å². The monoisotopic (exact) mass is 253 g/mol. The third kappa shape index (κ3) is 2.83. The number of halogens is 1. The number of hydrogen-bond acceptors (Lipinski definition) is 4. The fourth-order valence-corrected chi connectivity index (χ4v) is 2.60. The molecule has 1 aromatic heterocycles. The molecule has 1 atom stereocenters. The van der Waals surface area contributed by atoms with Crippen LogP contribution < -0.4 is 0 Å². The van der Waals surface area contributed by atoms with Crippen molar-refractivity contribution in [3.8, 4) is 0 Å². The van der Waals surface area contributed by atoms with Gasteiger partial charge in [0.05, 0.1) is 5.52 Å². The molecule has 0 aliphatic heterocycles. The molecule has 5 heteroatoms. The van der Waals surface area contributed by atoms with Crippen LogP contribution in [-0.4, -0.2) is 26.3 Å². The molecule has 0 bridgehead atoms. The number of nitrogens with zero attached hydrogens (tertiary/aromatic N) is 3. The molecule has 1 aromatic carbocycles. The summed E-state index contributed by atoms with van der Waals surface area (Å²) < 4.78 is 0. The van der Waals surface area contributed by atoms with Crippen LogP contribution in [0.5, 0.6) is 0 Å². The van der Waals surface area contributed by atoms with Crippen molar-refractivity contribution in [3.63, 3.8) is 0 Å². The molecule has 0 aliphatic rings. The van der Waals surface area contributed by atoms with Crippen LogP contribution in [0.15, 0.2) is 29.4 Å². The van der Waals surface area contributed by atoms with Gasteiger partial charge in [0.15, 0.2) is 0 Å². The molecular weight excluding hydrogens is 242 g/mol. The maximum atomic E-state index is 5.69. The van der Waals surface area contributed by atoms with Crippen LogP contribution in [0, 0.1) is 0 Å². The standard InChI is InChI=1S/C11H12ClN3S/c1-8(6-7-12)16-11-13-9-4-2-3-5-10(9)14-15-11/h2-5,8H,6-7H2,1H3. The normalized spacial score (nSPS) is 12.9. The lowest BCUT2D eigenvalue weighted by Gasteiger charge is -2.06. The van der Waals surface area contributed by atoms with Crippen LogP contribution in [0.2, 0.25) is 0 Å². The first kappa shape index (κ1) is 11.6. The Bertz CT molecular complexity index is 477. The van der Waals surface area contributed by atoms with Crippen molar-refractivity contribution >= 4 is 34.4 Å². The summed E-state index contributed by atoms with van der Waals surface area (Å²) in [6, 6.07) is 7.74. The molecule has 3 nitrogen and oxygen atoms in total. The topological polar surface area (TPSA) is 38.7 Å². The molecule has 16 heavy (non-hydrogen) atoms. The van der Waals surface area contributed by atoms with E-state index < -0.39 is 0 Å². The van der Waals surface area contributed by atoms with E-state index in [9.17, 15) is 0 Å². The van der Waals surface area contributed by atoms with Crippen LogP contribution in [-0.2, 0) is 0 Å². The second-order valence-corrected chi connectivity index (χ2v) is 5.27. The van der Waals surface area contributed by atoms with Crippen LogP contribution in [0.25, 0.3) is 11.0 Å². The van der Waals surface area contributed by atoms with Gasteiger partial charge in [0.2, 0.25) is 5.16 Å². The van der Waals surface area contributed by atoms with Gasteiger partial charge in [0, 0.05) is 11.1 Å². The van der Waals surface area contributed by atoms with E-state index in [2.05, 4.69) is 22.1 Å². The van der Waals surface area contributed by atoms with Gasteiger partial charge in [-0.3, -0.25) is 0 Å². The Morgan fingerprint density at radius 1 is 1.25 bits per heavy atom. The Kier molecular flexibility index (Phi) is 3.96. The molecule has 0 saturated carbocycles. The lowest BCUT2D eigenvalue weighted by atomic mass is 10.3. The van der Waals surface area contributed by atoms with E-state index in [4.69, 9.17) is 11.6 Å². The van der Waals surface area contributed by atoms with Crippen LogP contribution in [0.4, 0.5) is 0 Å². The third-order valence-electron chi connectivity index (χ3n) is 2.16. The van der Waals surface area contributed by atoms with Gasteiger partial charge < -0.3 is 0 Å². The average Bonchev–Trinajstić information content (AvgIpc) is 2.29. The molecule has 0 spiro atoms. The minimum absolute atomic E-state index is 0.417. The number of hydrogen-bond donors (Lipinski definition) is 0. The molecule has 0 N–H and O–H groups in total. The zero-order valence-electron chi connectivity index (χ0n) is 8.93. The quantitative estimate of drug-likeness (QED) is 0.620. The highest BCUT2D eigenvalue weighted by atomic mass is 35.5. The predicted molar refractivity (Wildman–Crippen MR) is 68.0 cm³/mol. The number of para-hydroxylation sites is 1. The van der Waals surface area contributed by atoms with E-state index >= 15 is 0 Å². The summed E-state index contributed by atoms with van der Waals surface area (Å²) >= 11 is 7.30. The van der Waals surface area contributed by atoms with Gasteiger partial charge in [0.25, 0.3) is 0 Å². The largest absolute Gasteiger partial charge is 0.219 e. The Morgan fingerprint density at radius 2 is 2.00 bits per heavy atom. The first-order valence-corrected chi connectivity index (χ1v) is 6.53. The van der Waals surface area contributed by atoms with E-state index in [0.717, 1.165) is 22.6 Å². The van der Waals surface area contributed by atoms with Gasteiger partial charge in [-0.2, -0.15) is 0 Å². The maximum absolute atomic E-state index is 5.69. The predicted octanol–water partition coefficient (Wildman–Crippen LogP) is 3.13. The highest BCUT2D eigenvalue weighted by molar-refractivity contribution is 7.99. The van der Waals surface area contributed by atoms with Crippen LogP contribution in [0.3, 0.4) is 0 Å². The Morgan fingerprint density at radius 3 is 2.75 bits per heavy atom. The van der Waals surface area contributed by atoms with Crippen molar-refractivity contribution in [3.05, 3.63) is 24.3 Å². The number of fused-ring (bicyclic) bond motifs is 1. The van der Waals surface area contributed by atoms with Crippen molar-refractivity contribution < 1.29 is 0 Å². The second-order valence-electron chi connectivity index (χ2n) is 3.49. The van der Waals surface area contributed by atoms with Gasteiger partial charge in [-0.1, -0.05) is 30.8 Å². The van der Waals surface area contributed by atoms with E-state index in [1.165, 1.54) is 0 Å². The number of thioether (sulfide) groups is 1. The molecule has 1 unspecified atom stereocenters. The molecule has 0 saturated heterocycles. The lowest BCUT2D eigenvalue weighted by molar-refractivity contribution is 0.855. The van der Waals surface area contributed by atoms with Gasteiger partial charge in [-0.25, -0.2) is 4.98 Å². The van der Waals surface area contributed by atoms with Crippen molar-refractivity contribution in [2.45, 2.75) is 23.8 Å². The first-order valence-electron chi connectivity index (χ1n) is 5.11. The van der Waals surface area contributed by atoms with Gasteiger partial charge in [-0.15, -0.1) is 21.8 Å². The molecule has 0 radical (unpaired) electrons. The van der Waals surface area contributed by atoms with Crippen molar-refractivity contribution in [2.24, 2.45) is 0 Å². The van der Waals surface area contributed by atoms with Crippen molar-refractivity contribution in [1.82, 2.24) is 15.2 Å². The highest BCUT2D eigenvalue weighted by Gasteiger charge is 2.07. The van der Waals surface area contributed by atoms with E-state index in [1.54, 1.807) is 11.8 Å². The molecule has 2 aromatic rings. The fourth-order valence-electron chi connectivity index (χ4n) is 1.31. The molecule has 1 heterocycles. The lowest BCUT2D eigenvalue weighted by Crippen LogP contribution is -2.00. The Hall–Kier alpha value is -0.870. The Labute approximate surface area is 104 Å². The minimum Gasteiger partial charge on any atom is -0.219 e. The third-order valence-corrected chi connectivity index (χ3v) is 3.40. The number of rotatable bonds is 4. The summed E-state index contributed by atoms with van der Waals surface area (Å²) in [4.78, 5) is 4.44. The summed E-state index contributed by atoms with van der Waals surface area (Å²) in [5, 5.41) is 9.35. The van der Waals surface area contributed by atoms with Gasteiger partial charge in [0.1, 0.15) is 5.52 Å². The molecule has 2 rings (SSSR count). The smallest absolute Gasteiger partial charge is 0.209 e. The molecular formula is C11H12ClN3S. The van der Waals surface area contributed by atoms with Crippen molar-refractivity contribution in [2.75, 3.05) is 5.88 Å². The summed E-state index contributed by atoms with van der Waals surface area (Å²) in [5.41, 5.74) is 1.72. The van der Waals surface area contributed by atoms with Crippen molar-refractivity contribution in [1.29, 1.82) is 0 Å². The first-order chi connectivity index (χ1) is 7.79. The van der Waals surface area contributed by atoms with Gasteiger partial charge in [-0.05, 0) is 18.6 Å². The molecule has 0 amide bonds. The zero-order chi connectivity index (χ0) is 11.4. The average molecular weight is 254 g/mol. The highest BCUT2D eigenvalue weighted by Crippen LogP contribution is 2.22. The molecule has 84 valence electrons. The summed E-state index contributed by atoms with van der Waals surface area (Å²) in [7, 11) is 0. The van der Waals surface area contributed by atoms with E-state index in [0.29, 0.717) is 11.1 Å². The van der Waals surface area contributed by atoms with Crippen LogP contribution >= 0.6 is 23.4 Å². The molecule has 0 fully saturated rings. The van der Waals surface area contributed by atoms with Gasteiger partial charge >= 0.3 is 0 Å². The SMILES string of the molecule is CC(CCCl)Sc1nnc2ccccc2n1. The Balaban J connectivity index is 2.19. The van der Waals surface area contributed by atoms with Crippen LogP contribution in [0.1, 0.15) is 13.3 Å². The number of aromatic nitrogens is 3. The maximum Gasteiger partial charge on any atom is 0.209 e. The molecule has 0 aliphatic carbocycles. The summed E-state index contributed by atoms with van der Waals surface area (Å²) in [5.74, 6) is 0.662. The number of alkyl halides is 1. The van der Waals surface area contributed by atoms with E-state index in [1.807, 2.05) is 24.3 Å².